The Balaban J connectivity index is 1.38. The highest BCUT2D eigenvalue weighted by atomic mass is 32.1. The number of rotatable bonds is 10. The Labute approximate surface area is 256 Å². The number of ketones is 1. The number of fused-ring (bicyclic) bond motifs is 1. The minimum absolute atomic E-state index is 0.00790. The van der Waals surface area contributed by atoms with Gasteiger partial charge in [0.05, 0.1) is 17.3 Å². The first-order valence-corrected chi connectivity index (χ1v) is 14.5. The number of Topliss-reactive ketones (excluding diaryl/α,β-unsaturated/α-hetero) is 1. The number of aryl methyl sites for hydroxylation is 1. The Kier molecular flexibility index (Phi) is 7.82. The summed E-state index contributed by atoms with van der Waals surface area (Å²) >= 11 is 0.930. The second kappa shape index (κ2) is 12.0. The summed E-state index contributed by atoms with van der Waals surface area (Å²) in [7, 11) is 0. The molecule has 44 heavy (non-hydrogen) atoms. The second-order valence-electron chi connectivity index (χ2n) is 9.96. The molecule has 6 rings (SSSR count). The molecule has 220 valence electrons. The molecule has 0 spiro atoms. The van der Waals surface area contributed by atoms with E-state index in [0.717, 1.165) is 16.9 Å². The van der Waals surface area contributed by atoms with E-state index < -0.39 is 29.5 Å². The van der Waals surface area contributed by atoms with Crippen molar-refractivity contribution in [1.29, 1.82) is 0 Å². The number of aromatic nitrogens is 1. The maximum absolute atomic E-state index is 13.9. The Bertz CT molecular complexity index is 1890. The number of ether oxygens (including phenoxy) is 2. The molecule has 0 radical (unpaired) electrons. The van der Waals surface area contributed by atoms with E-state index in [1.807, 2.05) is 36.4 Å². The number of anilines is 1. The quantitative estimate of drug-likeness (QED) is 0.104. The summed E-state index contributed by atoms with van der Waals surface area (Å²) in [5, 5.41) is 12.0. The molecule has 2 aromatic heterocycles. The normalized spacial score (nSPS) is 14.7. The fraction of sp³-hybridized carbons (Fsp3) is 0.118. The van der Waals surface area contributed by atoms with Crippen molar-refractivity contribution >= 4 is 45.1 Å². The number of aliphatic hydroxyl groups excluding tert-OH is 1. The van der Waals surface area contributed by atoms with Gasteiger partial charge in [-0.3, -0.25) is 14.5 Å². The SMILES string of the molecule is C=CCOC(=O)c1sc(N2C(=O)C(O)=C(C(=O)c3cc4ccccc4o3)C2c2ccc(OCc3ccccc3)cc2)nc1C. The van der Waals surface area contributed by atoms with E-state index in [-0.39, 0.29) is 27.9 Å². The van der Waals surface area contributed by atoms with Gasteiger partial charge in [0.1, 0.15) is 29.4 Å². The minimum atomic E-state index is -1.08. The molecule has 0 saturated carbocycles. The van der Waals surface area contributed by atoms with Gasteiger partial charge in [0, 0.05) is 5.39 Å². The fourth-order valence-electron chi connectivity index (χ4n) is 4.94. The maximum Gasteiger partial charge on any atom is 0.350 e. The third kappa shape index (κ3) is 5.38. The molecule has 9 nitrogen and oxygen atoms in total. The lowest BCUT2D eigenvalue weighted by atomic mass is 9.95. The predicted molar refractivity (Wildman–Crippen MR) is 165 cm³/mol. The molecule has 0 saturated heterocycles. The van der Waals surface area contributed by atoms with Crippen LogP contribution in [0.1, 0.15) is 43.1 Å². The zero-order valence-corrected chi connectivity index (χ0v) is 24.4. The van der Waals surface area contributed by atoms with Crippen molar-refractivity contribution in [2.24, 2.45) is 0 Å². The summed E-state index contributed by atoms with van der Waals surface area (Å²) in [4.78, 5) is 46.1. The molecule has 1 amide bonds. The molecule has 1 N–H and O–H groups in total. The zero-order chi connectivity index (χ0) is 30.8. The number of hydrogen-bond donors (Lipinski definition) is 1. The maximum atomic E-state index is 13.9. The van der Waals surface area contributed by atoms with E-state index in [4.69, 9.17) is 13.9 Å². The molecule has 3 aromatic carbocycles. The van der Waals surface area contributed by atoms with Gasteiger partial charge in [0.2, 0.25) is 5.78 Å². The first kappa shape index (κ1) is 28.6. The molecule has 1 atom stereocenters. The lowest BCUT2D eigenvalue weighted by Crippen LogP contribution is -2.31. The summed E-state index contributed by atoms with van der Waals surface area (Å²) in [5.41, 5.74) is 2.17. The van der Waals surface area contributed by atoms with Gasteiger partial charge in [-0.2, -0.15) is 0 Å². The van der Waals surface area contributed by atoms with Crippen LogP contribution in [-0.4, -0.2) is 34.4 Å². The van der Waals surface area contributed by atoms with Crippen molar-refractivity contribution in [2.45, 2.75) is 19.6 Å². The predicted octanol–water partition coefficient (Wildman–Crippen LogP) is 6.90. The summed E-state index contributed by atoms with van der Waals surface area (Å²) in [6.45, 7) is 5.53. The first-order valence-electron chi connectivity index (χ1n) is 13.7. The van der Waals surface area contributed by atoms with Gasteiger partial charge >= 0.3 is 5.97 Å². The van der Waals surface area contributed by atoms with E-state index in [1.165, 1.54) is 11.0 Å². The van der Waals surface area contributed by atoms with Gasteiger partial charge in [-0.1, -0.05) is 84.7 Å². The average Bonchev–Trinajstić information content (AvgIpc) is 3.73. The molecule has 3 heterocycles. The Hall–Kier alpha value is -5.48. The number of carbonyl (C=O) groups is 3. The molecule has 5 aromatic rings. The molecular formula is C34H26N2O7S. The molecule has 0 fully saturated rings. The third-order valence-corrected chi connectivity index (χ3v) is 8.19. The van der Waals surface area contributed by atoms with Crippen LogP contribution in [0.25, 0.3) is 11.0 Å². The van der Waals surface area contributed by atoms with Crippen molar-refractivity contribution in [3.05, 3.63) is 136 Å². The van der Waals surface area contributed by atoms with E-state index in [1.54, 1.807) is 55.5 Å². The average molecular weight is 607 g/mol. The number of esters is 1. The van der Waals surface area contributed by atoms with Crippen LogP contribution in [0.4, 0.5) is 5.13 Å². The van der Waals surface area contributed by atoms with Crippen LogP contribution < -0.4 is 9.64 Å². The number of benzene rings is 3. The number of aliphatic hydroxyl groups is 1. The van der Waals surface area contributed by atoms with Crippen LogP contribution in [0.15, 0.2) is 113 Å². The largest absolute Gasteiger partial charge is 0.503 e. The van der Waals surface area contributed by atoms with Crippen LogP contribution in [-0.2, 0) is 16.1 Å². The number of nitrogens with zero attached hydrogens (tertiary/aromatic N) is 2. The number of thiazole rings is 1. The van der Waals surface area contributed by atoms with Crippen LogP contribution in [0.2, 0.25) is 0 Å². The summed E-state index contributed by atoms with van der Waals surface area (Å²) in [6.07, 6.45) is 1.44. The van der Waals surface area contributed by atoms with Crippen LogP contribution in [0.5, 0.6) is 5.75 Å². The van der Waals surface area contributed by atoms with Crippen molar-refractivity contribution in [3.63, 3.8) is 0 Å². The van der Waals surface area contributed by atoms with Crippen molar-refractivity contribution in [2.75, 3.05) is 11.5 Å². The second-order valence-corrected chi connectivity index (χ2v) is 10.9. The lowest BCUT2D eigenvalue weighted by molar-refractivity contribution is -0.117. The van der Waals surface area contributed by atoms with Gasteiger partial charge in [-0.05, 0) is 42.3 Å². The number of carbonyl (C=O) groups excluding carboxylic acids is 3. The van der Waals surface area contributed by atoms with E-state index in [9.17, 15) is 19.5 Å². The first-order chi connectivity index (χ1) is 21.4. The Morgan fingerprint density at radius 3 is 2.52 bits per heavy atom. The molecular weight excluding hydrogens is 580 g/mol. The van der Waals surface area contributed by atoms with Gasteiger partial charge in [-0.25, -0.2) is 9.78 Å². The van der Waals surface area contributed by atoms with Crippen molar-refractivity contribution in [1.82, 2.24) is 4.98 Å². The molecule has 0 bridgehead atoms. The third-order valence-electron chi connectivity index (χ3n) is 7.06. The van der Waals surface area contributed by atoms with Gasteiger partial charge in [0.15, 0.2) is 16.7 Å². The molecule has 10 heteroatoms. The molecule has 1 aliphatic rings. The standard InChI is InChI=1S/C34H26N2O7S/c1-3-17-41-33(40)31-20(2)35-34(44-31)36-28(22-13-15-24(16-14-22)42-19-21-9-5-4-6-10-21)27(30(38)32(36)39)29(37)26-18-23-11-7-8-12-25(23)43-26/h3-16,18,28,38H,1,17,19H2,2H3. The van der Waals surface area contributed by atoms with Crippen LogP contribution in [0.3, 0.4) is 0 Å². The lowest BCUT2D eigenvalue weighted by Gasteiger charge is -2.24. The highest BCUT2D eigenvalue weighted by Gasteiger charge is 2.47. The van der Waals surface area contributed by atoms with Crippen molar-refractivity contribution < 1.29 is 33.4 Å². The highest BCUT2D eigenvalue weighted by Crippen LogP contribution is 2.44. The highest BCUT2D eigenvalue weighted by molar-refractivity contribution is 7.17. The monoisotopic (exact) mass is 606 g/mol. The summed E-state index contributed by atoms with van der Waals surface area (Å²) < 4.78 is 16.9. The Morgan fingerprint density at radius 1 is 1.07 bits per heavy atom. The molecule has 0 aliphatic carbocycles. The molecule has 1 unspecified atom stereocenters. The van der Waals surface area contributed by atoms with E-state index in [0.29, 0.717) is 34.6 Å². The van der Waals surface area contributed by atoms with E-state index in [2.05, 4.69) is 11.6 Å². The van der Waals surface area contributed by atoms with Gasteiger partial charge in [-0.15, -0.1) is 0 Å². The van der Waals surface area contributed by atoms with Gasteiger partial charge in [0.25, 0.3) is 5.91 Å². The summed E-state index contributed by atoms with van der Waals surface area (Å²) in [5.74, 6) is -2.29. The van der Waals surface area contributed by atoms with E-state index >= 15 is 0 Å². The topological polar surface area (TPSA) is 119 Å². The molecule has 1 aliphatic heterocycles. The fourth-order valence-corrected chi connectivity index (χ4v) is 5.93. The summed E-state index contributed by atoms with van der Waals surface area (Å²) in [6, 6.07) is 24.2. The Morgan fingerprint density at radius 2 is 1.80 bits per heavy atom. The van der Waals surface area contributed by atoms with Crippen LogP contribution in [0, 0.1) is 6.92 Å². The zero-order valence-electron chi connectivity index (χ0n) is 23.6. The number of para-hydroxylation sites is 1. The number of furan rings is 1. The van der Waals surface area contributed by atoms with Gasteiger partial charge < -0.3 is 19.0 Å². The number of amides is 1. The van der Waals surface area contributed by atoms with Crippen LogP contribution >= 0.6 is 11.3 Å². The van der Waals surface area contributed by atoms with Crippen molar-refractivity contribution in [3.8, 4) is 5.75 Å². The smallest absolute Gasteiger partial charge is 0.350 e. The minimum Gasteiger partial charge on any atom is -0.503 e. The number of hydrogen-bond acceptors (Lipinski definition) is 9.